The lowest BCUT2D eigenvalue weighted by atomic mass is 10.00. The molecule has 1 amide bonds. The van der Waals surface area contributed by atoms with Crippen molar-refractivity contribution in [1.82, 2.24) is 4.90 Å². The van der Waals surface area contributed by atoms with Crippen LogP contribution in [0.25, 0.3) is 0 Å². The van der Waals surface area contributed by atoms with E-state index in [0.717, 1.165) is 12.8 Å². The highest BCUT2D eigenvalue weighted by molar-refractivity contribution is 6.31. The summed E-state index contributed by atoms with van der Waals surface area (Å²) in [5.74, 6) is -0.0612. The van der Waals surface area contributed by atoms with E-state index in [1.807, 2.05) is 0 Å². The van der Waals surface area contributed by atoms with Gasteiger partial charge >= 0.3 is 0 Å². The first-order chi connectivity index (χ1) is 9.13. The third-order valence-electron chi connectivity index (χ3n) is 3.29. The average molecular weight is 282 g/mol. The molecule has 0 aliphatic carbocycles. The van der Waals surface area contributed by atoms with E-state index in [1.165, 1.54) is 0 Å². The van der Waals surface area contributed by atoms with E-state index in [1.54, 1.807) is 29.2 Å². The third-order valence-corrected chi connectivity index (χ3v) is 3.53. The Balaban J connectivity index is 2.25. The van der Waals surface area contributed by atoms with Gasteiger partial charge in [0.2, 0.25) is 0 Å². The van der Waals surface area contributed by atoms with E-state index in [-0.39, 0.29) is 17.8 Å². The molecule has 3 N–H and O–H groups in total. The zero-order chi connectivity index (χ0) is 13.8. The zero-order valence-electron chi connectivity index (χ0n) is 10.4. The summed E-state index contributed by atoms with van der Waals surface area (Å²) in [5, 5.41) is 12.4. The molecule has 1 fully saturated rings. The second kappa shape index (κ2) is 5.93. The van der Waals surface area contributed by atoms with Crippen LogP contribution in [0.3, 0.4) is 0 Å². The van der Waals surface area contributed by atoms with E-state index in [4.69, 9.17) is 22.5 Å². The lowest BCUT2D eigenvalue weighted by Gasteiger charge is -2.34. The molecule has 5 nitrogen and oxygen atoms in total. The Morgan fingerprint density at radius 1 is 1.47 bits per heavy atom. The maximum absolute atomic E-state index is 12.5. The Labute approximate surface area is 116 Å². The highest BCUT2D eigenvalue weighted by Gasteiger charge is 2.30. The molecule has 0 aromatic heterocycles. The number of likely N-dealkylation sites (tertiary alicyclic amines) is 1. The minimum Gasteiger partial charge on any atom is -0.409 e. The summed E-state index contributed by atoms with van der Waals surface area (Å²) in [7, 11) is 0. The number of hydrogen-bond donors (Lipinski definition) is 2. The largest absolute Gasteiger partial charge is 0.409 e. The van der Waals surface area contributed by atoms with Crippen LogP contribution < -0.4 is 5.73 Å². The van der Waals surface area contributed by atoms with Crippen LogP contribution in [0.4, 0.5) is 0 Å². The van der Waals surface area contributed by atoms with E-state index in [2.05, 4.69) is 5.16 Å². The van der Waals surface area contributed by atoms with Gasteiger partial charge in [0.05, 0.1) is 6.04 Å². The van der Waals surface area contributed by atoms with Crippen LogP contribution >= 0.6 is 11.6 Å². The Morgan fingerprint density at radius 3 is 2.95 bits per heavy atom. The van der Waals surface area contributed by atoms with Gasteiger partial charge in [-0.3, -0.25) is 4.79 Å². The van der Waals surface area contributed by atoms with Gasteiger partial charge in [0.15, 0.2) is 5.84 Å². The number of carbonyl (C=O) groups is 1. The lowest BCUT2D eigenvalue weighted by Crippen LogP contribution is -2.50. The average Bonchev–Trinajstić information content (AvgIpc) is 2.45. The molecule has 0 saturated carbocycles. The van der Waals surface area contributed by atoms with Crippen molar-refractivity contribution < 1.29 is 10.0 Å². The van der Waals surface area contributed by atoms with Crippen LogP contribution in [0.5, 0.6) is 0 Å². The number of hydrogen-bond acceptors (Lipinski definition) is 3. The van der Waals surface area contributed by atoms with Gasteiger partial charge in [0.1, 0.15) is 0 Å². The second-order valence-corrected chi connectivity index (χ2v) is 4.98. The van der Waals surface area contributed by atoms with Gasteiger partial charge in [-0.15, -0.1) is 0 Å². The first kappa shape index (κ1) is 13.7. The minimum atomic E-state index is -0.342. The van der Waals surface area contributed by atoms with Gasteiger partial charge in [-0.05, 0) is 37.5 Å². The number of nitrogens with zero attached hydrogens (tertiary/aromatic N) is 2. The third kappa shape index (κ3) is 2.98. The topological polar surface area (TPSA) is 78.9 Å². The van der Waals surface area contributed by atoms with Crippen molar-refractivity contribution in [2.75, 3.05) is 6.54 Å². The number of halogens is 1. The van der Waals surface area contributed by atoms with Gasteiger partial charge in [-0.1, -0.05) is 22.8 Å². The van der Waals surface area contributed by atoms with Crippen molar-refractivity contribution in [3.8, 4) is 0 Å². The molecule has 1 heterocycles. The smallest absolute Gasteiger partial charge is 0.254 e. The first-order valence-electron chi connectivity index (χ1n) is 6.17. The number of benzene rings is 1. The number of carbonyl (C=O) groups excluding carboxylic acids is 1. The predicted molar refractivity (Wildman–Crippen MR) is 73.5 cm³/mol. The molecule has 0 bridgehead atoms. The summed E-state index contributed by atoms with van der Waals surface area (Å²) in [6.45, 7) is 0.603. The molecule has 2 rings (SSSR count). The monoisotopic (exact) mass is 281 g/mol. The molecule has 1 unspecified atom stereocenters. The molecular weight excluding hydrogens is 266 g/mol. The summed E-state index contributed by atoms with van der Waals surface area (Å²) >= 11 is 5.89. The standard InChI is InChI=1S/C13H16ClN3O2/c14-10-5-3-4-9(8-10)13(18)17-7-2-1-6-11(17)12(15)16-19/h3-5,8,11,19H,1-2,6-7H2,(H2,15,16). The molecule has 1 aliphatic rings. The second-order valence-electron chi connectivity index (χ2n) is 4.55. The van der Waals surface area contributed by atoms with Gasteiger partial charge in [-0.25, -0.2) is 0 Å². The Kier molecular flexibility index (Phi) is 4.27. The van der Waals surface area contributed by atoms with Crippen molar-refractivity contribution in [1.29, 1.82) is 0 Å². The highest BCUT2D eigenvalue weighted by atomic mass is 35.5. The molecule has 1 aromatic rings. The molecule has 6 heteroatoms. The number of nitrogens with two attached hydrogens (primary N) is 1. The molecule has 1 saturated heterocycles. The van der Waals surface area contributed by atoms with Crippen LogP contribution in [-0.4, -0.2) is 34.4 Å². The first-order valence-corrected chi connectivity index (χ1v) is 6.55. The van der Waals surface area contributed by atoms with Crippen molar-refractivity contribution in [2.45, 2.75) is 25.3 Å². The van der Waals surface area contributed by atoms with E-state index in [0.29, 0.717) is 23.6 Å². The van der Waals surface area contributed by atoms with Gasteiger partial charge in [0, 0.05) is 17.1 Å². The number of rotatable bonds is 2. The van der Waals surface area contributed by atoms with Crippen LogP contribution in [-0.2, 0) is 0 Å². The molecule has 1 aliphatic heterocycles. The Morgan fingerprint density at radius 2 is 2.26 bits per heavy atom. The van der Waals surface area contributed by atoms with Crippen molar-refractivity contribution in [3.05, 3.63) is 34.9 Å². The Hall–Kier alpha value is -1.75. The summed E-state index contributed by atoms with van der Waals surface area (Å²) in [6.07, 6.45) is 2.59. The highest BCUT2D eigenvalue weighted by Crippen LogP contribution is 2.21. The fourth-order valence-corrected chi connectivity index (χ4v) is 2.53. The maximum Gasteiger partial charge on any atom is 0.254 e. The number of oxime groups is 1. The van der Waals surface area contributed by atoms with Crippen LogP contribution in [0.15, 0.2) is 29.4 Å². The fourth-order valence-electron chi connectivity index (χ4n) is 2.34. The summed E-state index contributed by atoms with van der Waals surface area (Å²) < 4.78 is 0. The summed E-state index contributed by atoms with van der Waals surface area (Å²) in [6, 6.07) is 6.45. The molecular formula is C13H16ClN3O2. The van der Waals surface area contributed by atoms with Crippen molar-refractivity contribution in [3.63, 3.8) is 0 Å². The van der Waals surface area contributed by atoms with E-state index in [9.17, 15) is 4.79 Å². The van der Waals surface area contributed by atoms with Crippen molar-refractivity contribution in [2.24, 2.45) is 10.9 Å². The quantitative estimate of drug-likeness (QED) is 0.377. The van der Waals surface area contributed by atoms with Crippen LogP contribution in [0.1, 0.15) is 29.6 Å². The molecule has 1 aromatic carbocycles. The summed E-state index contributed by atoms with van der Waals surface area (Å²) in [5.41, 5.74) is 6.18. The lowest BCUT2D eigenvalue weighted by molar-refractivity contribution is 0.0676. The molecule has 102 valence electrons. The number of piperidine rings is 1. The van der Waals surface area contributed by atoms with E-state index >= 15 is 0 Å². The van der Waals surface area contributed by atoms with Crippen LogP contribution in [0.2, 0.25) is 5.02 Å². The normalized spacial score (nSPS) is 20.4. The van der Waals surface area contributed by atoms with E-state index < -0.39 is 0 Å². The maximum atomic E-state index is 12.5. The van der Waals surface area contributed by atoms with Crippen molar-refractivity contribution >= 4 is 23.3 Å². The van der Waals surface area contributed by atoms with Gasteiger partial charge in [-0.2, -0.15) is 0 Å². The minimum absolute atomic E-state index is 0.0788. The molecule has 19 heavy (non-hydrogen) atoms. The molecule has 1 atom stereocenters. The molecule has 0 radical (unpaired) electrons. The van der Waals surface area contributed by atoms with Gasteiger partial charge in [0.25, 0.3) is 5.91 Å². The fraction of sp³-hybridized carbons (Fsp3) is 0.385. The zero-order valence-corrected chi connectivity index (χ0v) is 11.2. The predicted octanol–water partition coefficient (Wildman–Crippen LogP) is 2.08. The summed E-state index contributed by atoms with van der Waals surface area (Å²) in [4.78, 5) is 14.1. The van der Waals surface area contributed by atoms with Gasteiger partial charge < -0.3 is 15.8 Å². The Bertz CT molecular complexity index is 504. The molecule has 0 spiro atoms. The number of amides is 1. The SMILES string of the molecule is NC(=NO)C1CCCCN1C(=O)c1cccc(Cl)c1. The van der Waals surface area contributed by atoms with Crippen LogP contribution in [0, 0.1) is 0 Å². The number of amidine groups is 1.